The molecule has 1 atom stereocenters. The fourth-order valence-electron chi connectivity index (χ4n) is 2.12. The van der Waals surface area contributed by atoms with E-state index >= 15 is 0 Å². The fourth-order valence-corrected chi connectivity index (χ4v) is 3.15. The zero-order chi connectivity index (χ0) is 14.0. The average molecular weight is 282 g/mol. The highest BCUT2D eigenvalue weighted by molar-refractivity contribution is 7.11. The second-order valence-electron chi connectivity index (χ2n) is 4.38. The van der Waals surface area contributed by atoms with Crippen molar-refractivity contribution < 1.29 is 8.78 Å². The number of thiazole rings is 1. The van der Waals surface area contributed by atoms with Crippen molar-refractivity contribution in [3.63, 3.8) is 0 Å². The largest absolute Gasteiger partial charge is 0.306 e. The molecule has 2 nitrogen and oxygen atoms in total. The molecule has 0 saturated heterocycles. The van der Waals surface area contributed by atoms with E-state index in [1.54, 1.807) is 11.3 Å². The van der Waals surface area contributed by atoms with E-state index in [4.69, 9.17) is 0 Å². The van der Waals surface area contributed by atoms with Crippen molar-refractivity contribution in [1.82, 2.24) is 10.3 Å². The second kappa shape index (κ2) is 5.75. The Morgan fingerprint density at radius 3 is 2.32 bits per heavy atom. The number of nitrogens with one attached hydrogen (secondary N) is 1. The molecule has 5 heteroatoms. The lowest BCUT2D eigenvalue weighted by Gasteiger charge is -2.17. The Kier molecular flexibility index (Phi) is 4.27. The van der Waals surface area contributed by atoms with E-state index < -0.39 is 11.6 Å². The summed E-state index contributed by atoms with van der Waals surface area (Å²) in [6, 6.07) is 3.40. The van der Waals surface area contributed by atoms with Crippen LogP contribution in [0.4, 0.5) is 8.78 Å². The van der Waals surface area contributed by atoms with Crippen LogP contribution in [0.3, 0.4) is 0 Å². The topological polar surface area (TPSA) is 24.9 Å². The third-order valence-electron chi connectivity index (χ3n) is 2.83. The summed E-state index contributed by atoms with van der Waals surface area (Å²) in [7, 11) is 0. The molecule has 0 amide bonds. The van der Waals surface area contributed by atoms with Crippen molar-refractivity contribution in [2.24, 2.45) is 0 Å². The maximum absolute atomic E-state index is 13.4. The summed E-state index contributed by atoms with van der Waals surface area (Å²) in [5, 5.41) is 4.21. The Bertz CT molecular complexity index is 561. The lowest BCUT2D eigenvalue weighted by molar-refractivity contribution is 0.566. The van der Waals surface area contributed by atoms with Crippen LogP contribution >= 0.6 is 11.3 Å². The number of hydrogen-bond donors (Lipinski definition) is 1. The molecule has 1 aromatic heterocycles. The smallest absolute Gasteiger partial charge is 0.126 e. The Morgan fingerprint density at radius 1 is 1.21 bits per heavy atom. The van der Waals surface area contributed by atoms with Crippen LogP contribution in [0, 0.1) is 25.5 Å². The third kappa shape index (κ3) is 3.16. The van der Waals surface area contributed by atoms with Gasteiger partial charge >= 0.3 is 0 Å². The van der Waals surface area contributed by atoms with Crippen molar-refractivity contribution in [3.05, 3.63) is 51.0 Å². The number of hydrogen-bond acceptors (Lipinski definition) is 3. The number of rotatable bonds is 4. The van der Waals surface area contributed by atoms with E-state index in [9.17, 15) is 8.78 Å². The highest BCUT2D eigenvalue weighted by Crippen LogP contribution is 2.30. The first-order valence-electron chi connectivity index (χ1n) is 6.14. The van der Waals surface area contributed by atoms with Gasteiger partial charge < -0.3 is 5.32 Å². The van der Waals surface area contributed by atoms with Crippen LogP contribution in [-0.2, 0) is 0 Å². The van der Waals surface area contributed by atoms with Crippen LogP contribution < -0.4 is 5.32 Å². The summed E-state index contributed by atoms with van der Waals surface area (Å²) in [6.45, 7) is 6.51. The van der Waals surface area contributed by atoms with E-state index in [-0.39, 0.29) is 6.04 Å². The van der Waals surface area contributed by atoms with Crippen molar-refractivity contribution in [2.45, 2.75) is 26.8 Å². The molecule has 0 aliphatic rings. The van der Waals surface area contributed by atoms with Crippen LogP contribution in [0.25, 0.3) is 0 Å². The number of benzene rings is 1. The average Bonchev–Trinajstić information content (AvgIpc) is 2.64. The highest BCUT2D eigenvalue weighted by atomic mass is 32.1. The van der Waals surface area contributed by atoms with Crippen LogP contribution in [0.5, 0.6) is 0 Å². The first-order valence-corrected chi connectivity index (χ1v) is 6.96. The summed E-state index contributed by atoms with van der Waals surface area (Å²) in [4.78, 5) is 5.38. The van der Waals surface area contributed by atoms with Crippen LogP contribution in [0.2, 0.25) is 0 Å². The molecule has 1 aromatic carbocycles. The first-order chi connectivity index (χ1) is 9.01. The van der Waals surface area contributed by atoms with E-state index in [1.807, 2.05) is 20.8 Å². The molecule has 1 N–H and O–H groups in total. The van der Waals surface area contributed by atoms with Gasteiger partial charge in [-0.15, -0.1) is 11.3 Å². The maximum atomic E-state index is 13.4. The third-order valence-corrected chi connectivity index (χ3v) is 3.97. The molecule has 0 aliphatic heterocycles. The van der Waals surface area contributed by atoms with Gasteiger partial charge in [-0.1, -0.05) is 6.92 Å². The zero-order valence-corrected chi connectivity index (χ0v) is 11.9. The molecule has 102 valence electrons. The van der Waals surface area contributed by atoms with Crippen LogP contribution in [0.1, 0.15) is 34.1 Å². The fraction of sp³-hybridized carbons (Fsp3) is 0.357. The van der Waals surface area contributed by atoms with Gasteiger partial charge in [-0.2, -0.15) is 0 Å². The molecule has 0 saturated carbocycles. The summed E-state index contributed by atoms with van der Waals surface area (Å²) in [5.74, 6) is -1.12. The van der Waals surface area contributed by atoms with Gasteiger partial charge in [-0.05, 0) is 38.1 Å². The van der Waals surface area contributed by atoms with Crippen molar-refractivity contribution >= 4 is 11.3 Å². The Morgan fingerprint density at radius 2 is 1.84 bits per heavy atom. The lowest BCUT2D eigenvalue weighted by atomic mass is 10.0. The van der Waals surface area contributed by atoms with Gasteiger partial charge in [0, 0.05) is 10.9 Å². The number of aryl methyl sites for hydroxylation is 2. The first kappa shape index (κ1) is 14.1. The minimum atomic E-state index is -0.559. The van der Waals surface area contributed by atoms with Crippen molar-refractivity contribution in [1.29, 1.82) is 0 Å². The van der Waals surface area contributed by atoms with E-state index in [0.717, 1.165) is 21.6 Å². The molecule has 0 bridgehead atoms. The molecule has 0 radical (unpaired) electrons. The summed E-state index contributed by atoms with van der Waals surface area (Å²) < 4.78 is 26.7. The molecule has 2 rings (SSSR count). The molecule has 1 heterocycles. The lowest BCUT2D eigenvalue weighted by Crippen LogP contribution is -2.22. The van der Waals surface area contributed by atoms with E-state index in [1.165, 1.54) is 12.1 Å². The number of halogens is 2. The molecule has 0 aliphatic carbocycles. The Balaban J connectivity index is 2.47. The van der Waals surface area contributed by atoms with Crippen molar-refractivity contribution in [2.75, 3.05) is 6.54 Å². The zero-order valence-electron chi connectivity index (χ0n) is 11.1. The van der Waals surface area contributed by atoms with Gasteiger partial charge in [0.1, 0.15) is 11.6 Å². The van der Waals surface area contributed by atoms with Gasteiger partial charge in [0.25, 0.3) is 0 Å². The molecule has 1 unspecified atom stereocenters. The minimum absolute atomic E-state index is 0.221. The quantitative estimate of drug-likeness (QED) is 0.924. The van der Waals surface area contributed by atoms with E-state index in [0.29, 0.717) is 12.1 Å². The molecule has 0 spiro atoms. The van der Waals surface area contributed by atoms with Gasteiger partial charge in [0.2, 0.25) is 0 Å². The summed E-state index contributed by atoms with van der Waals surface area (Å²) in [6.07, 6.45) is 0. The molecular formula is C14H16F2N2S. The molecule has 19 heavy (non-hydrogen) atoms. The standard InChI is InChI=1S/C14H16F2N2S/c1-4-17-13(14-8(2)18-9(3)19-14)10-5-11(15)7-12(16)6-10/h5-7,13,17H,4H2,1-3H3. The number of aromatic nitrogens is 1. The normalized spacial score (nSPS) is 12.7. The Hall–Kier alpha value is -1.33. The van der Waals surface area contributed by atoms with Crippen molar-refractivity contribution in [3.8, 4) is 0 Å². The minimum Gasteiger partial charge on any atom is -0.306 e. The molecular weight excluding hydrogens is 266 g/mol. The van der Waals surface area contributed by atoms with E-state index in [2.05, 4.69) is 10.3 Å². The maximum Gasteiger partial charge on any atom is 0.126 e. The summed E-state index contributed by atoms with van der Waals surface area (Å²) in [5.41, 5.74) is 1.49. The SMILES string of the molecule is CCNC(c1cc(F)cc(F)c1)c1sc(C)nc1C. The summed E-state index contributed by atoms with van der Waals surface area (Å²) >= 11 is 1.55. The Labute approximate surface area is 115 Å². The second-order valence-corrected chi connectivity index (χ2v) is 5.61. The molecule has 2 aromatic rings. The van der Waals surface area contributed by atoms with Gasteiger partial charge in [-0.25, -0.2) is 13.8 Å². The monoisotopic (exact) mass is 282 g/mol. The number of nitrogens with zero attached hydrogens (tertiary/aromatic N) is 1. The molecule has 0 fully saturated rings. The van der Waals surface area contributed by atoms with Gasteiger partial charge in [0.05, 0.1) is 16.7 Å². The van der Waals surface area contributed by atoms with Crippen LogP contribution in [-0.4, -0.2) is 11.5 Å². The predicted octanol–water partition coefficient (Wildman–Crippen LogP) is 3.74. The predicted molar refractivity (Wildman–Crippen MR) is 73.5 cm³/mol. The van der Waals surface area contributed by atoms with Gasteiger partial charge in [-0.3, -0.25) is 0 Å². The highest BCUT2D eigenvalue weighted by Gasteiger charge is 2.20. The van der Waals surface area contributed by atoms with Gasteiger partial charge in [0.15, 0.2) is 0 Å². The van der Waals surface area contributed by atoms with Crippen LogP contribution in [0.15, 0.2) is 18.2 Å².